The molecule has 0 N–H and O–H groups in total. The molecule has 2 nitrogen and oxygen atoms in total. The van der Waals surface area contributed by atoms with Gasteiger partial charge in [-0.3, -0.25) is 0 Å². The molecule has 2 aromatic heterocycles. The summed E-state index contributed by atoms with van der Waals surface area (Å²) in [5.74, 6) is 3.56. The molecule has 38 heavy (non-hydrogen) atoms. The van der Waals surface area contributed by atoms with Crippen LogP contribution in [0, 0.1) is 11.8 Å². The first-order valence-corrected chi connectivity index (χ1v) is 36.8. The van der Waals surface area contributed by atoms with Crippen LogP contribution in [0.15, 0.2) is 12.1 Å². The Balaban J connectivity index is 2.18. The fourth-order valence-electron chi connectivity index (χ4n) is 4.93. The van der Waals surface area contributed by atoms with E-state index >= 15 is 0 Å². The predicted octanol–water partition coefficient (Wildman–Crippen LogP) is 10.4. The molecule has 0 spiro atoms. The van der Waals surface area contributed by atoms with E-state index in [2.05, 4.69) is 69.5 Å². The Morgan fingerprint density at radius 2 is 1.00 bits per heavy atom. The van der Waals surface area contributed by atoms with Gasteiger partial charge < -0.3 is 0 Å². The van der Waals surface area contributed by atoms with E-state index in [4.69, 9.17) is 9.47 Å². The quantitative estimate of drug-likeness (QED) is 0.135. The van der Waals surface area contributed by atoms with Crippen LogP contribution in [-0.4, -0.2) is 50.0 Å². The first-order valence-electron chi connectivity index (χ1n) is 15.2. The molecule has 1 aromatic carbocycles. The molecule has 0 amide bonds. The average Bonchev–Trinajstić information content (AvgIpc) is 3.50. The van der Waals surface area contributed by atoms with Crippen LogP contribution in [0.5, 0.6) is 11.5 Å². The number of rotatable bonds is 16. The Morgan fingerprint density at radius 1 is 0.632 bits per heavy atom. The van der Waals surface area contributed by atoms with Crippen molar-refractivity contribution in [3.8, 4) is 11.5 Å². The SMILES string of the molecule is CCCC[C@@H](CC)COc1c2c[c]([Sn]([CH3])([CH3])[CH3])sc2c(OC[C@@H](CC)CCCC)c2c[c]([Sn]([CH3])([CH3])[CH3])sc12. The van der Waals surface area contributed by atoms with E-state index in [0.717, 1.165) is 24.7 Å². The van der Waals surface area contributed by atoms with Crippen LogP contribution in [-0.2, 0) is 0 Å². The van der Waals surface area contributed by atoms with Crippen molar-refractivity contribution >= 4 is 85.4 Å². The van der Waals surface area contributed by atoms with E-state index in [-0.39, 0.29) is 0 Å². The van der Waals surface area contributed by atoms with Gasteiger partial charge in [-0.15, -0.1) is 0 Å². The molecule has 0 aliphatic heterocycles. The first-order chi connectivity index (χ1) is 17.9. The maximum atomic E-state index is 6.90. The zero-order chi connectivity index (χ0) is 28.1. The van der Waals surface area contributed by atoms with Gasteiger partial charge in [0.15, 0.2) is 0 Å². The Kier molecular flexibility index (Phi) is 12.5. The third-order valence-corrected chi connectivity index (χ3v) is 29.0. The molecule has 0 bridgehead atoms. The number of thiophene rings is 2. The van der Waals surface area contributed by atoms with E-state index in [1.165, 1.54) is 71.5 Å². The van der Waals surface area contributed by atoms with Crippen molar-refractivity contribution in [3.05, 3.63) is 12.1 Å². The summed E-state index contributed by atoms with van der Waals surface area (Å²) in [6, 6.07) is 5.03. The van der Waals surface area contributed by atoms with Crippen LogP contribution in [0.1, 0.15) is 79.1 Å². The van der Waals surface area contributed by atoms with Crippen molar-refractivity contribution < 1.29 is 9.47 Å². The van der Waals surface area contributed by atoms with Crippen LogP contribution < -0.4 is 15.3 Å². The van der Waals surface area contributed by atoms with Crippen LogP contribution in [0.3, 0.4) is 0 Å². The second-order valence-corrected chi connectivity index (χ2v) is 46.3. The van der Waals surface area contributed by atoms with Crippen LogP contribution in [0.25, 0.3) is 20.2 Å². The van der Waals surface area contributed by atoms with Crippen molar-refractivity contribution in [1.82, 2.24) is 0 Å². The third-order valence-electron chi connectivity index (χ3n) is 7.86. The number of fused-ring (bicyclic) bond motifs is 2. The molecular weight excluding hydrogens is 718 g/mol. The van der Waals surface area contributed by atoms with Gasteiger partial charge in [-0.2, -0.15) is 0 Å². The van der Waals surface area contributed by atoms with Crippen molar-refractivity contribution in [1.29, 1.82) is 0 Å². The molecule has 6 heteroatoms. The van der Waals surface area contributed by atoms with E-state index in [0.29, 0.717) is 11.8 Å². The van der Waals surface area contributed by atoms with Gasteiger partial charge in [-0.05, 0) is 0 Å². The van der Waals surface area contributed by atoms with Crippen LogP contribution in [0.4, 0.5) is 0 Å². The van der Waals surface area contributed by atoms with Crippen molar-refractivity contribution in [2.45, 2.75) is 109 Å². The summed E-state index contributed by atoms with van der Waals surface area (Å²) in [4.78, 5) is 15.2. The van der Waals surface area contributed by atoms with Gasteiger partial charge in [-0.1, -0.05) is 0 Å². The Labute approximate surface area is 250 Å². The number of hydrogen-bond acceptors (Lipinski definition) is 4. The van der Waals surface area contributed by atoms with E-state index in [1.54, 1.807) is 5.79 Å². The van der Waals surface area contributed by atoms with Crippen LogP contribution in [0.2, 0.25) is 29.6 Å². The Morgan fingerprint density at radius 3 is 1.29 bits per heavy atom. The average molecular weight is 772 g/mol. The fraction of sp³-hybridized carbons (Fsp3) is 0.688. The first kappa shape index (κ1) is 32.8. The molecule has 2 heterocycles. The van der Waals surface area contributed by atoms with Crippen molar-refractivity contribution in [2.24, 2.45) is 11.8 Å². The summed E-state index contributed by atoms with van der Waals surface area (Å²) in [6.45, 7) is 10.9. The molecule has 3 aromatic rings. The standard InChI is InChI=1S/C26H36O2S2.6CH3.2Sn/c1-5-9-11-19(7-3)17-27-23-21-13-15-30-26(21)24(22-14-16-29-25(22)23)28-18-20(8-4)12-10-6-2;;;;;;;;/h13-14,19-20H,5-12,17-18H2,1-4H3;6*1H3;;/t19-,20+;;;;;;;;. The van der Waals surface area contributed by atoms with E-state index in [1.807, 2.05) is 22.7 Å². The molecule has 3 rings (SSSR count). The maximum absolute atomic E-state index is 6.90. The van der Waals surface area contributed by atoms with E-state index < -0.39 is 36.8 Å². The number of ether oxygens (including phenoxy) is 2. The summed E-state index contributed by atoms with van der Waals surface area (Å²) < 4.78 is 19.7. The summed E-state index contributed by atoms with van der Waals surface area (Å²) in [5, 5.41) is 2.65. The minimum atomic E-state index is -2.28. The van der Waals surface area contributed by atoms with Gasteiger partial charge in [0.2, 0.25) is 0 Å². The third kappa shape index (κ3) is 8.21. The molecule has 0 fully saturated rings. The molecule has 0 saturated carbocycles. The topological polar surface area (TPSA) is 18.5 Å². The summed E-state index contributed by atoms with van der Waals surface area (Å²) >= 11 is -0.525. The Bertz CT molecular complexity index is 1020. The number of hydrogen-bond donors (Lipinski definition) is 0. The molecular formula is C32H54O2S2Sn2. The van der Waals surface area contributed by atoms with Crippen molar-refractivity contribution in [3.63, 3.8) is 0 Å². The molecule has 0 aliphatic rings. The predicted molar refractivity (Wildman–Crippen MR) is 181 cm³/mol. The molecule has 214 valence electrons. The zero-order valence-electron chi connectivity index (χ0n) is 26.0. The summed E-state index contributed by atoms with van der Waals surface area (Å²) in [6.07, 6.45) is 9.99. The summed E-state index contributed by atoms with van der Waals surface area (Å²) in [7, 11) is 0. The minimum absolute atomic E-state index is 0.626. The second kappa shape index (κ2) is 14.5. The monoisotopic (exact) mass is 774 g/mol. The van der Waals surface area contributed by atoms with Gasteiger partial charge in [0.25, 0.3) is 0 Å². The molecule has 0 radical (unpaired) electrons. The van der Waals surface area contributed by atoms with Crippen molar-refractivity contribution in [2.75, 3.05) is 13.2 Å². The molecule has 0 saturated heterocycles. The van der Waals surface area contributed by atoms with Gasteiger partial charge >= 0.3 is 252 Å². The van der Waals surface area contributed by atoms with Gasteiger partial charge in [0, 0.05) is 0 Å². The normalized spacial score (nSPS) is 14.4. The molecule has 2 atom stereocenters. The van der Waals surface area contributed by atoms with Gasteiger partial charge in [-0.25, -0.2) is 0 Å². The zero-order valence-corrected chi connectivity index (χ0v) is 33.4. The van der Waals surface area contributed by atoms with Gasteiger partial charge in [0.05, 0.1) is 0 Å². The fourth-order valence-corrected chi connectivity index (χ4v) is 17.7. The summed E-state index contributed by atoms with van der Waals surface area (Å²) in [5.41, 5.74) is 0. The van der Waals surface area contributed by atoms with E-state index in [9.17, 15) is 0 Å². The number of benzene rings is 1. The van der Waals surface area contributed by atoms with Gasteiger partial charge in [0.1, 0.15) is 0 Å². The second-order valence-electron chi connectivity index (χ2n) is 13.3. The van der Waals surface area contributed by atoms with Crippen LogP contribution >= 0.6 is 22.7 Å². The molecule has 0 unspecified atom stereocenters. The Hall–Kier alpha value is 0.337. The number of unbranched alkanes of at least 4 members (excludes halogenated alkanes) is 2. The molecule has 0 aliphatic carbocycles.